The third kappa shape index (κ3) is 4.27. The Morgan fingerprint density at radius 2 is 1.65 bits per heavy atom. The van der Waals surface area contributed by atoms with Gasteiger partial charge in [-0.15, -0.1) is 0 Å². The number of piperazine rings is 1. The van der Waals surface area contributed by atoms with E-state index in [9.17, 15) is 9.59 Å². The monoisotopic (exact) mass is 505 g/mol. The van der Waals surface area contributed by atoms with Gasteiger partial charge >= 0.3 is 0 Å². The van der Waals surface area contributed by atoms with Crippen LogP contribution in [0.5, 0.6) is 23.0 Å². The minimum Gasteiger partial charge on any atom is -0.485 e. The molecule has 0 radical (unpaired) electrons. The van der Waals surface area contributed by atoms with Crippen molar-refractivity contribution in [2.24, 2.45) is 0 Å². The summed E-state index contributed by atoms with van der Waals surface area (Å²) >= 11 is 0. The molecule has 2 aromatic rings. The Kier molecular flexibility index (Phi) is 5.75. The summed E-state index contributed by atoms with van der Waals surface area (Å²) in [6.45, 7) is 9.08. The number of hydrogen-bond acceptors (Lipinski definition) is 7. The second-order valence-electron chi connectivity index (χ2n) is 10.4. The molecule has 1 atom stereocenters. The van der Waals surface area contributed by atoms with E-state index in [2.05, 4.69) is 17.9 Å². The first kappa shape index (κ1) is 23.7. The lowest BCUT2D eigenvalue weighted by Gasteiger charge is -2.43. The highest BCUT2D eigenvalue weighted by Gasteiger charge is 2.39. The van der Waals surface area contributed by atoms with Gasteiger partial charge in [0.05, 0.1) is 17.8 Å². The largest absolute Gasteiger partial charge is 0.485 e. The highest BCUT2D eigenvalue weighted by atomic mass is 16.7. The molecule has 9 nitrogen and oxygen atoms in total. The molecule has 4 heterocycles. The van der Waals surface area contributed by atoms with Crippen molar-refractivity contribution in [3.05, 3.63) is 48.0 Å². The van der Waals surface area contributed by atoms with Gasteiger partial charge in [-0.1, -0.05) is 18.2 Å². The summed E-state index contributed by atoms with van der Waals surface area (Å²) < 4.78 is 22.8. The van der Waals surface area contributed by atoms with Gasteiger partial charge in [-0.2, -0.15) is 0 Å². The third-order valence-electron chi connectivity index (χ3n) is 7.38. The average molecular weight is 506 g/mol. The number of hydrogen-bond donors (Lipinski definition) is 0. The van der Waals surface area contributed by atoms with Gasteiger partial charge in [-0.25, -0.2) is 0 Å². The molecule has 1 fully saturated rings. The maximum Gasteiger partial charge on any atom is 0.267 e. The summed E-state index contributed by atoms with van der Waals surface area (Å²) in [6, 6.07) is 11.2. The quantitative estimate of drug-likeness (QED) is 0.635. The zero-order valence-electron chi connectivity index (χ0n) is 21.4. The zero-order chi connectivity index (χ0) is 25.7. The number of fused-ring (bicyclic) bond motifs is 3. The molecule has 9 heteroatoms. The number of ether oxygens (including phenoxy) is 4. The van der Waals surface area contributed by atoms with Crippen LogP contribution in [0.25, 0.3) is 5.57 Å². The third-order valence-corrected chi connectivity index (χ3v) is 7.38. The second kappa shape index (κ2) is 8.99. The lowest BCUT2D eigenvalue weighted by Crippen LogP contribution is -2.57. The van der Waals surface area contributed by atoms with Crippen LogP contribution in [0.3, 0.4) is 0 Å². The molecule has 2 amide bonds. The lowest BCUT2D eigenvalue weighted by atomic mass is 9.88. The van der Waals surface area contributed by atoms with Crippen LogP contribution in [0.4, 0.5) is 5.69 Å². The summed E-state index contributed by atoms with van der Waals surface area (Å²) in [6.07, 6.45) is 1.47. The predicted molar refractivity (Wildman–Crippen MR) is 137 cm³/mol. The van der Waals surface area contributed by atoms with E-state index in [4.69, 9.17) is 18.9 Å². The number of benzene rings is 2. The zero-order valence-corrected chi connectivity index (χ0v) is 21.4. The fourth-order valence-corrected chi connectivity index (χ4v) is 5.60. The van der Waals surface area contributed by atoms with E-state index in [1.807, 2.05) is 55.1 Å². The van der Waals surface area contributed by atoms with Gasteiger partial charge in [-0.3, -0.25) is 14.5 Å². The van der Waals surface area contributed by atoms with Gasteiger partial charge in [0.2, 0.25) is 18.8 Å². The number of amides is 2. The van der Waals surface area contributed by atoms with Crippen molar-refractivity contribution >= 4 is 23.1 Å². The van der Waals surface area contributed by atoms with Gasteiger partial charge in [0.1, 0.15) is 6.61 Å². The fraction of sp³-hybridized carbons (Fsp3) is 0.429. The number of nitrogens with zero attached hydrogens (tertiary/aromatic N) is 3. The van der Waals surface area contributed by atoms with Crippen LogP contribution in [0.2, 0.25) is 0 Å². The molecule has 0 aromatic heterocycles. The Morgan fingerprint density at radius 1 is 0.946 bits per heavy atom. The van der Waals surface area contributed by atoms with E-state index in [0.29, 0.717) is 49.2 Å². The maximum absolute atomic E-state index is 13.7. The summed E-state index contributed by atoms with van der Waals surface area (Å²) in [5.74, 6) is 2.54. The maximum atomic E-state index is 13.7. The smallest absolute Gasteiger partial charge is 0.267 e. The van der Waals surface area contributed by atoms with Crippen LogP contribution in [0.1, 0.15) is 26.3 Å². The molecule has 0 unspecified atom stereocenters. The van der Waals surface area contributed by atoms with Crippen molar-refractivity contribution in [2.45, 2.75) is 32.4 Å². The van der Waals surface area contributed by atoms with E-state index < -0.39 is 11.6 Å². The van der Waals surface area contributed by atoms with E-state index in [1.165, 1.54) is 0 Å². The first-order valence-corrected chi connectivity index (χ1v) is 12.7. The normalized spacial score (nSPS) is 21.8. The van der Waals surface area contributed by atoms with E-state index >= 15 is 0 Å². The molecule has 37 heavy (non-hydrogen) atoms. The number of carbonyl (C=O) groups excluding carboxylic acids is 2. The van der Waals surface area contributed by atoms with E-state index in [0.717, 1.165) is 16.8 Å². The molecule has 2 aromatic carbocycles. The average Bonchev–Trinajstić information content (AvgIpc) is 3.34. The summed E-state index contributed by atoms with van der Waals surface area (Å²) in [5, 5.41) is 0. The van der Waals surface area contributed by atoms with Crippen molar-refractivity contribution < 1.29 is 28.5 Å². The lowest BCUT2D eigenvalue weighted by molar-refractivity contribution is -0.143. The highest BCUT2D eigenvalue weighted by Crippen LogP contribution is 2.46. The second-order valence-corrected chi connectivity index (χ2v) is 10.4. The van der Waals surface area contributed by atoms with Crippen molar-refractivity contribution in [1.82, 2.24) is 9.80 Å². The molecule has 1 saturated heterocycles. The molecule has 0 spiro atoms. The first-order valence-electron chi connectivity index (χ1n) is 12.7. The summed E-state index contributed by atoms with van der Waals surface area (Å²) in [5.41, 5.74) is 2.42. The molecule has 6 rings (SSSR count). The standard InChI is InChI=1S/C28H31N3O6/c1-18-14-28(2,3)31(20-13-24-23(12-19(18)20)35-17-36-24)26(32)15-29-8-10-30(11-9-29)27(33)25-16-34-21-6-4-5-7-22(21)37-25/h4-7,12-14,25H,8-11,15-17H2,1-3H3/t25-/m1/s1. The van der Waals surface area contributed by atoms with E-state index in [-0.39, 0.29) is 31.8 Å². The SMILES string of the molecule is CC1=CC(C)(C)N(C(=O)CN2CCN(C(=O)[C@H]3COc4ccccc4O3)CC2)c2cc3c(cc21)OCO3. The first-order chi connectivity index (χ1) is 17.8. The molecular weight excluding hydrogens is 474 g/mol. The van der Waals surface area contributed by atoms with Crippen molar-refractivity contribution in [3.63, 3.8) is 0 Å². The highest BCUT2D eigenvalue weighted by molar-refractivity contribution is 6.02. The Hall–Kier alpha value is -3.72. The van der Waals surface area contributed by atoms with Crippen molar-refractivity contribution in [2.75, 3.05) is 51.0 Å². The summed E-state index contributed by atoms with van der Waals surface area (Å²) in [4.78, 5) is 32.5. The Bertz CT molecular complexity index is 1280. The molecule has 194 valence electrons. The predicted octanol–water partition coefficient (Wildman–Crippen LogP) is 2.93. The van der Waals surface area contributed by atoms with Gasteiger partial charge in [-0.05, 0) is 44.5 Å². The van der Waals surface area contributed by atoms with Gasteiger partial charge in [0, 0.05) is 37.8 Å². The van der Waals surface area contributed by atoms with Crippen LogP contribution < -0.4 is 23.8 Å². The molecule has 0 bridgehead atoms. The van der Waals surface area contributed by atoms with Crippen LogP contribution >= 0.6 is 0 Å². The van der Waals surface area contributed by atoms with Crippen molar-refractivity contribution in [1.29, 1.82) is 0 Å². The molecule has 0 N–H and O–H groups in total. The van der Waals surface area contributed by atoms with Crippen molar-refractivity contribution in [3.8, 4) is 23.0 Å². The molecular formula is C28H31N3O6. The number of allylic oxidation sites excluding steroid dienone is 1. The van der Waals surface area contributed by atoms with Gasteiger partial charge < -0.3 is 28.7 Å². The molecule has 0 aliphatic carbocycles. The van der Waals surface area contributed by atoms with Gasteiger partial charge in [0.25, 0.3) is 5.91 Å². The number of rotatable bonds is 3. The van der Waals surface area contributed by atoms with Crippen LogP contribution in [0, 0.1) is 0 Å². The Labute approximate surface area is 216 Å². The fourth-order valence-electron chi connectivity index (χ4n) is 5.60. The van der Waals surface area contributed by atoms with Gasteiger partial charge in [0.15, 0.2) is 23.0 Å². The number of para-hydroxylation sites is 2. The summed E-state index contributed by atoms with van der Waals surface area (Å²) in [7, 11) is 0. The van der Waals surface area contributed by atoms with E-state index in [1.54, 1.807) is 4.90 Å². The van der Waals surface area contributed by atoms with Crippen LogP contribution in [-0.4, -0.2) is 79.4 Å². The van der Waals surface area contributed by atoms with Crippen LogP contribution in [-0.2, 0) is 9.59 Å². The molecule has 4 aliphatic rings. The Morgan fingerprint density at radius 3 is 2.41 bits per heavy atom. The molecule has 0 saturated carbocycles. The van der Waals surface area contributed by atoms with Crippen LogP contribution in [0.15, 0.2) is 42.5 Å². The minimum atomic E-state index is -0.656. The minimum absolute atomic E-state index is 0.00858. The molecule has 4 aliphatic heterocycles. The Balaban J connectivity index is 1.11. The number of carbonyl (C=O) groups is 2. The number of anilines is 1. The topological polar surface area (TPSA) is 80.8 Å².